The molecule has 1 radical (unpaired) electrons. The van der Waals surface area contributed by atoms with Crippen molar-refractivity contribution in [1.82, 2.24) is 0 Å². The summed E-state index contributed by atoms with van der Waals surface area (Å²) in [6.45, 7) is 0. The molecule has 0 amide bonds. The number of carbonyl (C=O) groups is 1. The minimum Gasteiger partial charge on any atom is -0.298 e. The van der Waals surface area contributed by atoms with Crippen LogP contribution in [0, 0.1) is 0 Å². The maximum atomic E-state index is 10.4. The molecule has 0 aliphatic rings. The number of hydrogen-bond donors (Lipinski definition) is 0. The molecule has 0 fully saturated rings. The smallest absolute Gasteiger partial charge is 0.203 e. The van der Waals surface area contributed by atoms with Gasteiger partial charge in [0.15, 0.2) is 0 Å². The Balaban J connectivity index is 3.01. The van der Waals surface area contributed by atoms with Crippen LogP contribution in [0.5, 0.6) is 0 Å². The van der Waals surface area contributed by atoms with Gasteiger partial charge in [0.25, 0.3) is 0 Å². The predicted octanol–water partition coefficient (Wildman–Crippen LogP) is 1.15. The monoisotopic (exact) mass is 147 g/mol. The molecule has 0 heterocycles. The second-order valence-electron chi connectivity index (χ2n) is 2.14. The van der Waals surface area contributed by atoms with E-state index in [2.05, 4.69) is 0 Å². The van der Waals surface area contributed by atoms with Crippen LogP contribution in [0.3, 0.4) is 0 Å². The van der Waals surface area contributed by atoms with Crippen molar-refractivity contribution in [3.63, 3.8) is 0 Å². The largest absolute Gasteiger partial charge is 0.298 e. The van der Waals surface area contributed by atoms with Crippen molar-refractivity contribution < 1.29 is 9.59 Å². The van der Waals surface area contributed by atoms with Gasteiger partial charge in [-0.15, -0.1) is 0 Å². The first-order chi connectivity index (χ1) is 5.38. The van der Waals surface area contributed by atoms with Gasteiger partial charge in [0, 0.05) is 12.0 Å². The minimum absolute atomic E-state index is 0.189. The topological polar surface area (TPSA) is 34.1 Å². The summed E-state index contributed by atoms with van der Waals surface area (Å²) in [6, 6.07) is 6.98. The van der Waals surface area contributed by atoms with E-state index in [0.717, 1.165) is 11.8 Å². The van der Waals surface area contributed by atoms with Crippen LogP contribution in [0.15, 0.2) is 24.3 Å². The van der Waals surface area contributed by atoms with Crippen LogP contribution >= 0.6 is 0 Å². The van der Waals surface area contributed by atoms with Gasteiger partial charge in [-0.1, -0.05) is 24.3 Å². The maximum absolute atomic E-state index is 10.4. The third-order valence-corrected chi connectivity index (χ3v) is 1.44. The zero-order chi connectivity index (χ0) is 8.10. The van der Waals surface area contributed by atoms with Crippen molar-refractivity contribution in [2.75, 3.05) is 0 Å². The van der Waals surface area contributed by atoms with Crippen LogP contribution in [0.1, 0.15) is 15.9 Å². The van der Waals surface area contributed by atoms with E-state index in [1.165, 1.54) is 0 Å². The lowest BCUT2D eigenvalue weighted by Gasteiger charge is -1.96. The molecule has 0 bridgehead atoms. The Hall–Kier alpha value is -1.44. The molecule has 11 heavy (non-hydrogen) atoms. The molecular formula is C9H7O2. The Labute approximate surface area is 64.8 Å². The molecule has 1 aromatic carbocycles. The fraction of sp³-hybridized carbons (Fsp3) is 0.111. The Morgan fingerprint density at radius 1 is 1.36 bits per heavy atom. The Morgan fingerprint density at radius 3 is 2.73 bits per heavy atom. The third-order valence-electron chi connectivity index (χ3n) is 1.44. The van der Waals surface area contributed by atoms with Crippen LogP contribution in [0.2, 0.25) is 0 Å². The van der Waals surface area contributed by atoms with Crippen LogP contribution in [-0.2, 0) is 11.2 Å². The van der Waals surface area contributed by atoms with E-state index >= 15 is 0 Å². The Morgan fingerprint density at radius 2 is 2.09 bits per heavy atom. The highest BCUT2D eigenvalue weighted by molar-refractivity contribution is 5.78. The van der Waals surface area contributed by atoms with Gasteiger partial charge in [0.05, 0.1) is 0 Å². The summed E-state index contributed by atoms with van der Waals surface area (Å²) >= 11 is 0. The molecule has 0 aliphatic carbocycles. The Kier molecular flexibility index (Phi) is 2.55. The van der Waals surface area contributed by atoms with Gasteiger partial charge in [-0.2, -0.15) is 0 Å². The first-order valence-corrected chi connectivity index (χ1v) is 3.26. The average molecular weight is 147 g/mol. The number of benzene rings is 1. The van der Waals surface area contributed by atoms with Crippen LogP contribution in [0.4, 0.5) is 0 Å². The van der Waals surface area contributed by atoms with E-state index in [1.54, 1.807) is 30.6 Å². The first kappa shape index (κ1) is 7.66. The van der Waals surface area contributed by atoms with Gasteiger partial charge in [0.2, 0.25) is 6.29 Å². The first-order valence-electron chi connectivity index (χ1n) is 3.26. The van der Waals surface area contributed by atoms with Crippen molar-refractivity contribution in [2.24, 2.45) is 0 Å². The molecule has 0 spiro atoms. The fourth-order valence-electron chi connectivity index (χ4n) is 0.888. The molecule has 0 unspecified atom stereocenters. The summed E-state index contributed by atoms with van der Waals surface area (Å²) in [6.07, 6.45) is 2.68. The summed E-state index contributed by atoms with van der Waals surface area (Å²) in [5.74, 6) is 0. The van der Waals surface area contributed by atoms with Gasteiger partial charge >= 0.3 is 0 Å². The molecule has 2 nitrogen and oxygen atoms in total. The van der Waals surface area contributed by atoms with Gasteiger partial charge < -0.3 is 0 Å². The van der Waals surface area contributed by atoms with Gasteiger partial charge in [-0.25, -0.2) is 0 Å². The zero-order valence-corrected chi connectivity index (χ0v) is 5.91. The van der Waals surface area contributed by atoms with Crippen LogP contribution in [0.25, 0.3) is 0 Å². The summed E-state index contributed by atoms with van der Waals surface area (Å²) in [5.41, 5.74) is 1.30. The second-order valence-corrected chi connectivity index (χ2v) is 2.14. The van der Waals surface area contributed by atoms with Crippen molar-refractivity contribution in [2.45, 2.75) is 6.42 Å². The summed E-state index contributed by atoms with van der Waals surface area (Å²) in [5, 5.41) is 0. The van der Waals surface area contributed by atoms with E-state index in [1.807, 2.05) is 0 Å². The zero-order valence-electron chi connectivity index (χ0n) is 5.91. The van der Waals surface area contributed by atoms with E-state index in [0.29, 0.717) is 5.56 Å². The van der Waals surface area contributed by atoms with Crippen molar-refractivity contribution >= 4 is 12.6 Å². The molecule has 0 aromatic heterocycles. The molecule has 2 heteroatoms. The molecule has 1 rings (SSSR count). The molecule has 0 saturated heterocycles. The standard InChI is InChI=1S/C9H7O2/c10-6-5-8-3-1-2-4-9(8)7-11/h1-4,7H,5H2. The maximum Gasteiger partial charge on any atom is 0.203 e. The number of aldehydes is 1. The third kappa shape index (κ3) is 1.74. The molecule has 0 aliphatic heterocycles. The van der Waals surface area contributed by atoms with Crippen molar-refractivity contribution in [3.05, 3.63) is 35.4 Å². The summed E-state index contributed by atoms with van der Waals surface area (Å²) < 4.78 is 0. The second kappa shape index (κ2) is 3.66. The Bertz CT molecular complexity index is 266. The number of carbonyl (C=O) groups excluding carboxylic acids is 2. The van der Waals surface area contributed by atoms with E-state index < -0.39 is 0 Å². The van der Waals surface area contributed by atoms with Gasteiger partial charge in [0.1, 0.15) is 6.29 Å². The number of rotatable bonds is 3. The van der Waals surface area contributed by atoms with Crippen LogP contribution < -0.4 is 0 Å². The lowest BCUT2D eigenvalue weighted by atomic mass is 10.1. The highest BCUT2D eigenvalue weighted by Crippen LogP contribution is 2.04. The lowest BCUT2D eigenvalue weighted by molar-refractivity contribution is 0.112. The normalized spacial score (nSPS) is 9.09. The van der Waals surface area contributed by atoms with Crippen LogP contribution in [-0.4, -0.2) is 12.6 Å². The highest BCUT2D eigenvalue weighted by Gasteiger charge is 1.97. The van der Waals surface area contributed by atoms with Crippen molar-refractivity contribution in [3.8, 4) is 0 Å². The lowest BCUT2D eigenvalue weighted by Crippen LogP contribution is -1.92. The van der Waals surface area contributed by atoms with Crippen molar-refractivity contribution in [1.29, 1.82) is 0 Å². The molecule has 0 saturated carbocycles. The summed E-state index contributed by atoms with van der Waals surface area (Å²) in [7, 11) is 0. The van der Waals surface area contributed by atoms with E-state index in [9.17, 15) is 9.59 Å². The van der Waals surface area contributed by atoms with E-state index in [-0.39, 0.29) is 6.42 Å². The predicted molar refractivity (Wildman–Crippen MR) is 41.2 cm³/mol. The number of hydrogen-bond acceptors (Lipinski definition) is 2. The molecule has 1 aromatic rings. The highest BCUT2D eigenvalue weighted by atomic mass is 16.1. The van der Waals surface area contributed by atoms with Gasteiger partial charge in [-0.05, 0) is 5.56 Å². The summed E-state index contributed by atoms with van der Waals surface area (Å²) in [4.78, 5) is 20.4. The quantitative estimate of drug-likeness (QED) is 0.601. The minimum atomic E-state index is 0.189. The fourth-order valence-corrected chi connectivity index (χ4v) is 0.888. The molecule has 0 N–H and O–H groups in total. The molecular weight excluding hydrogens is 140 g/mol. The van der Waals surface area contributed by atoms with Gasteiger partial charge in [-0.3, -0.25) is 9.59 Å². The SMILES string of the molecule is O=[C]Cc1ccccc1C=O. The molecule has 55 valence electrons. The molecule has 0 atom stereocenters. The average Bonchev–Trinajstić information content (AvgIpc) is 2.06. The van der Waals surface area contributed by atoms with E-state index in [4.69, 9.17) is 0 Å².